The predicted octanol–water partition coefficient (Wildman–Crippen LogP) is 1.45. The smallest absolute Gasteiger partial charge is 0.145 e. The zero-order chi connectivity index (χ0) is 10.1. The number of halogens is 1. The Hall–Kier alpha value is -0.930. The van der Waals surface area contributed by atoms with Crippen LogP contribution in [0.3, 0.4) is 0 Å². The van der Waals surface area contributed by atoms with Crippen molar-refractivity contribution < 1.29 is 4.74 Å². The van der Waals surface area contributed by atoms with Crippen molar-refractivity contribution in [1.29, 1.82) is 0 Å². The van der Waals surface area contributed by atoms with Crippen molar-refractivity contribution >= 4 is 18.1 Å². The molecule has 0 radical (unpaired) electrons. The summed E-state index contributed by atoms with van der Waals surface area (Å²) in [5, 5.41) is 3.37. The highest BCUT2D eigenvalue weighted by molar-refractivity contribution is 5.85. The second-order valence-electron chi connectivity index (χ2n) is 4.10. The molecule has 0 bridgehead atoms. The molecule has 0 saturated carbocycles. The van der Waals surface area contributed by atoms with E-state index in [0.717, 1.165) is 45.0 Å². The van der Waals surface area contributed by atoms with E-state index in [2.05, 4.69) is 28.4 Å². The number of fused-ring (bicyclic) bond motifs is 1. The highest BCUT2D eigenvalue weighted by atomic mass is 35.5. The molecule has 88 valence electrons. The van der Waals surface area contributed by atoms with E-state index in [4.69, 9.17) is 4.74 Å². The zero-order valence-corrected chi connectivity index (χ0v) is 10.1. The van der Waals surface area contributed by atoms with Crippen LogP contribution in [-0.2, 0) is 6.42 Å². The molecular weight excluding hydrogens is 224 g/mol. The number of para-hydroxylation sites is 1. The van der Waals surface area contributed by atoms with Gasteiger partial charge in [0.15, 0.2) is 0 Å². The Kier molecular flexibility index (Phi) is 3.56. The van der Waals surface area contributed by atoms with Crippen LogP contribution in [0.25, 0.3) is 0 Å². The molecule has 16 heavy (non-hydrogen) atoms. The standard InChI is InChI=1S/C12H16N2O.ClH/c1-2-10-4-9-15-12(10)11(3-1)14-7-5-13-6-8-14;/h1-3,13H,4-9H2;1H. The number of hydrogen-bond acceptors (Lipinski definition) is 3. The first-order chi connectivity index (χ1) is 7.45. The average Bonchev–Trinajstić information content (AvgIpc) is 2.78. The monoisotopic (exact) mass is 240 g/mol. The van der Waals surface area contributed by atoms with Gasteiger partial charge >= 0.3 is 0 Å². The van der Waals surface area contributed by atoms with Crippen molar-refractivity contribution in [1.82, 2.24) is 5.32 Å². The molecule has 1 saturated heterocycles. The molecule has 0 amide bonds. The van der Waals surface area contributed by atoms with Gasteiger partial charge in [0.25, 0.3) is 0 Å². The maximum atomic E-state index is 5.72. The van der Waals surface area contributed by atoms with Gasteiger partial charge in [-0.15, -0.1) is 12.4 Å². The molecule has 3 nitrogen and oxygen atoms in total. The van der Waals surface area contributed by atoms with Crippen molar-refractivity contribution in [2.45, 2.75) is 6.42 Å². The van der Waals surface area contributed by atoms with Gasteiger partial charge in [0.05, 0.1) is 12.3 Å². The quantitative estimate of drug-likeness (QED) is 0.804. The van der Waals surface area contributed by atoms with Crippen LogP contribution >= 0.6 is 12.4 Å². The molecule has 4 heteroatoms. The van der Waals surface area contributed by atoms with Crippen LogP contribution in [0.2, 0.25) is 0 Å². The highest BCUT2D eigenvalue weighted by Gasteiger charge is 2.20. The molecule has 2 aliphatic heterocycles. The lowest BCUT2D eigenvalue weighted by molar-refractivity contribution is 0.356. The molecule has 1 fully saturated rings. The highest BCUT2D eigenvalue weighted by Crippen LogP contribution is 2.35. The lowest BCUT2D eigenvalue weighted by Crippen LogP contribution is -2.43. The Morgan fingerprint density at radius 2 is 2.00 bits per heavy atom. The van der Waals surface area contributed by atoms with Gasteiger partial charge in [-0.1, -0.05) is 12.1 Å². The van der Waals surface area contributed by atoms with Gasteiger partial charge in [0.1, 0.15) is 5.75 Å². The first-order valence-electron chi connectivity index (χ1n) is 5.65. The third-order valence-electron chi connectivity index (χ3n) is 3.15. The van der Waals surface area contributed by atoms with Crippen LogP contribution in [0.4, 0.5) is 5.69 Å². The molecule has 0 aliphatic carbocycles. The fraction of sp³-hybridized carbons (Fsp3) is 0.500. The van der Waals surface area contributed by atoms with Gasteiger partial charge in [-0.05, 0) is 11.6 Å². The molecule has 1 aromatic rings. The van der Waals surface area contributed by atoms with Gasteiger partial charge in [-0.25, -0.2) is 0 Å². The van der Waals surface area contributed by atoms with Crippen LogP contribution in [0.5, 0.6) is 5.75 Å². The van der Waals surface area contributed by atoms with Gasteiger partial charge in [0, 0.05) is 32.6 Å². The summed E-state index contributed by atoms with van der Waals surface area (Å²) in [5.74, 6) is 1.12. The van der Waals surface area contributed by atoms with Crippen molar-refractivity contribution in [3.05, 3.63) is 23.8 Å². The minimum atomic E-state index is 0. The van der Waals surface area contributed by atoms with Crippen molar-refractivity contribution in [3.8, 4) is 5.75 Å². The molecule has 3 rings (SSSR count). The number of benzene rings is 1. The lowest BCUT2D eigenvalue weighted by Gasteiger charge is -2.30. The maximum absolute atomic E-state index is 5.72. The number of hydrogen-bond donors (Lipinski definition) is 1. The Morgan fingerprint density at radius 3 is 2.81 bits per heavy atom. The second-order valence-corrected chi connectivity index (χ2v) is 4.10. The Labute approximate surface area is 102 Å². The lowest BCUT2D eigenvalue weighted by atomic mass is 10.1. The van der Waals surface area contributed by atoms with E-state index in [1.165, 1.54) is 11.3 Å². The van der Waals surface area contributed by atoms with E-state index < -0.39 is 0 Å². The van der Waals surface area contributed by atoms with E-state index in [1.807, 2.05) is 0 Å². The van der Waals surface area contributed by atoms with Gasteiger partial charge in [-0.2, -0.15) is 0 Å². The Morgan fingerprint density at radius 1 is 1.19 bits per heavy atom. The summed E-state index contributed by atoms with van der Waals surface area (Å²) >= 11 is 0. The average molecular weight is 241 g/mol. The van der Waals surface area contributed by atoms with Crippen molar-refractivity contribution in [2.75, 3.05) is 37.7 Å². The largest absolute Gasteiger partial charge is 0.491 e. The molecule has 1 N–H and O–H groups in total. The van der Waals surface area contributed by atoms with Crippen LogP contribution < -0.4 is 15.0 Å². The van der Waals surface area contributed by atoms with Gasteiger partial charge in [0.2, 0.25) is 0 Å². The first-order valence-corrected chi connectivity index (χ1v) is 5.65. The summed E-state index contributed by atoms with van der Waals surface area (Å²) in [6.07, 6.45) is 1.06. The second kappa shape index (κ2) is 4.93. The van der Waals surface area contributed by atoms with Gasteiger partial charge < -0.3 is 15.0 Å². The Balaban J connectivity index is 0.000000963. The summed E-state index contributed by atoms with van der Waals surface area (Å²) in [4.78, 5) is 2.42. The molecule has 0 spiro atoms. The number of nitrogens with one attached hydrogen (secondary N) is 1. The minimum Gasteiger partial charge on any atom is -0.491 e. The number of anilines is 1. The molecule has 2 aliphatic rings. The van der Waals surface area contributed by atoms with Crippen LogP contribution in [0.15, 0.2) is 18.2 Å². The summed E-state index contributed by atoms with van der Waals surface area (Å²) in [6, 6.07) is 6.49. The predicted molar refractivity (Wildman–Crippen MR) is 68.0 cm³/mol. The minimum absolute atomic E-state index is 0. The normalized spacial score (nSPS) is 18.6. The molecular formula is C12H17ClN2O. The van der Waals surface area contributed by atoms with E-state index in [0.29, 0.717) is 0 Å². The Bertz CT molecular complexity index is 364. The number of nitrogens with zero attached hydrogens (tertiary/aromatic N) is 1. The third-order valence-corrected chi connectivity index (χ3v) is 3.15. The summed E-state index contributed by atoms with van der Waals surface area (Å²) in [6.45, 7) is 5.16. The molecule has 0 unspecified atom stereocenters. The zero-order valence-electron chi connectivity index (χ0n) is 9.24. The number of ether oxygens (including phenoxy) is 1. The number of piperazine rings is 1. The molecule has 1 aromatic carbocycles. The van der Waals surface area contributed by atoms with Crippen LogP contribution in [0, 0.1) is 0 Å². The maximum Gasteiger partial charge on any atom is 0.145 e. The topological polar surface area (TPSA) is 24.5 Å². The molecule has 0 aromatic heterocycles. The summed E-state index contributed by atoms with van der Waals surface area (Å²) in [5.41, 5.74) is 2.65. The molecule has 0 atom stereocenters. The molecule has 2 heterocycles. The first kappa shape index (κ1) is 11.6. The van der Waals surface area contributed by atoms with E-state index >= 15 is 0 Å². The SMILES string of the molecule is Cl.c1cc2c(c(N3CCNCC3)c1)OCC2. The fourth-order valence-corrected chi connectivity index (χ4v) is 2.35. The van der Waals surface area contributed by atoms with E-state index in [9.17, 15) is 0 Å². The van der Waals surface area contributed by atoms with Crippen molar-refractivity contribution in [3.63, 3.8) is 0 Å². The number of rotatable bonds is 1. The van der Waals surface area contributed by atoms with Crippen LogP contribution in [-0.4, -0.2) is 32.8 Å². The summed E-state index contributed by atoms with van der Waals surface area (Å²) < 4.78 is 5.72. The van der Waals surface area contributed by atoms with Crippen molar-refractivity contribution in [2.24, 2.45) is 0 Å². The fourth-order valence-electron chi connectivity index (χ4n) is 2.35. The van der Waals surface area contributed by atoms with Gasteiger partial charge in [-0.3, -0.25) is 0 Å². The van der Waals surface area contributed by atoms with Crippen LogP contribution in [0.1, 0.15) is 5.56 Å². The van der Waals surface area contributed by atoms with E-state index in [-0.39, 0.29) is 12.4 Å². The summed E-state index contributed by atoms with van der Waals surface area (Å²) in [7, 11) is 0. The third kappa shape index (κ3) is 1.97. The van der Waals surface area contributed by atoms with E-state index in [1.54, 1.807) is 0 Å².